The van der Waals surface area contributed by atoms with Crippen LogP contribution in [0.15, 0.2) is 48.8 Å². The fourth-order valence-electron chi connectivity index (χ4n) is 1.89. The van der Waals surface area contributed by atoms with E-state index in [0.717, 1.165) is 12.1 Å². The van der Waals surface area contributed by atoms with E-state index in [1.807, 2.05) is 37.5 Å². The van der Waals surface area contributed by atoms with Crippen LogP contribution < -0.4 is 28.5 Å². The number of pyridine rings is 1. The number of benzene rings is 1. The van der Waals surface area contributed by atoms with Gasteiger partial charge in [0.05, 0.1) is 12.7 Å². The molecule has 0 amide bonds. The van der Waals surface area contributed by atoms with Gasteiger partial charge in [-0.05, 0) is 6.92 Å². The Morgan fingerprint density at radius 1 is 1.21 bits per heavy atom. The molecule has 0 radical (unpaired) electrons. The maximum atomic E-state index is 11.5. The summed E-state index contributed by atoms with van der Waals surface area (Å²) in [5, 5.41) is 0. The zero-order valence-electron chi connectivity index (χ0n) is 11.0. The number of aryl methyl sites for hydroxylation is 1. The van der Waals surface area contributed by atoms with Crippen LogP contribution >= 0.6 is 0 Å². The molecule has 0 atom stereocenters. The summed E-state index contributed by atoms with van der Waals surface area (Å²) in [7, 11) is 1.40. The van der Waals surface area contributed by atoms with Crippen molar-refractivity contribution in [2.24, 2.45) is 0 Å². The first-order valence-electron chi connectivity index (χ1n) is 5.82. The number of methoxy groups -OCH3 is 1. The standard InChI is InChI=1S/C15H16NO2.HI/c1-12-10-16(9-8-14(12)15(17)18-2)11-13-6-4-3-5-7-13;/h3-10H,11H2,1-2H3;1H/q+1;/p-1. The highest BCUT2D eigenvalue weighted by atomic mass is 127. The molecule has 0 unspecified atom stereocenters. The molecule has 0 N–H and O–H groups in total. The largest absolute Gasteiger partial charge is 1.00 e. The van der Waals surface area contributed by atoms with Gasteiger partial charge >= 0.3 is 5.97 Å². The predicted molar refractivity (Wildman–Crippen MR) is 68.3 cm³/mol. The summed E-state index contributed by atoms with van der Waals surface area (Å²) in [6.07, 6.45) is 3.85. The van der Waals surface area contributed by atoms with Gasteiger partial charge in [0.25, 0.3) is 0 Å². The summed E-state index contributed by atoms with van der Waals surface area (Å²) in [4.78, 5) is 11.5. The first kappa shape index (κ1) is 15.6. The fourth-order valence-corrected chi connectivity index (χ4v) is 1.89. The first-order chi connectivity index (χ1) is 8.70. The molecule has 0 aliphatic rings. The van der Waals surface area contributed by atoms with Gasteiger partial charge in [0.2, 0.25) is 0 Å². The molecule has 2 aromatic rings. The van der Waals surface area contributed by atoms with Crippen LogP contribution in [0.5, 0.6) is 0 Å². The molecule has 0 aliphatic heterocycles. The third-order valence-electron chi connectivity index (χ3n) is 2.83. The number of rotatable bonds is 3. The van der Waals surface area contributed by atoms with Gasteiger partial charge in [0.1, 0.15) is 0 Å². The smallest absolute Gasteiger partial charge is 0.338 e. The Bertz CT molecular complexity index is 555. The van der Waals surface area contributed by atoms with Gasteiger partial charge in [-0.1, -0.05) is 30.3 Å². The van der Waals surface area contributed by atoms with Gasteiger partial charge in [0, 0.05) is 17.2 Å². The molecule has 0 fully saturated rings. The van der Waals surface area contributed by atoms with Gasteiger partial charge in [0.15, 0.2) is 18.9 Å². The molecule has 1 aromatic heterocycles. The van der Waals surface area contributed by atoms with Crippen molar-refractivity contribution in [2.45, 2.75) is 13.5 Å². The van der Waals surface area contributed by atoms with Crippen molar-refractivity contribution in [3.05, 3.63) is 65.5 Å². The SMILES string of the molecule is COC(=O)c1cc[n+](Cc2ccccc2)cc1C.[I-]. The van der Waals surface area contributed by atoms with Gasteiger partial charge in [-0.15, -0.1) is 0 Å². The molecule has 0 saturated heterocycles. The van der Waals surface area contributed by atoms with Crippen LogP contribution in [0.4, 0.5) is 0 Å². The average molecular weight is 369 g/mol. The van der Waals surface area contributed by atoms with Crippen molar-refractivity contribution in [1.82, 2.24) is 0 Å². The molecule has 19 heavy (non-hydrogen) atoms. The Labute approximate surface area is 130 Å². The molecular formula is C15H16INO2. The normalized spacial score (nSPS) is 9.58. The molecule has 100 valence electrons. The Kier molecular flexibility index (Phi) is 5.95. The second-order valence-electron chi connectivity index (χ2n) is 4.19. The summed E-state index contributed by atoms with van der Waals surface area (Å²) >= 11 is 0. The van der Waals surface area contributed by atoms with Crippen molar-refractivity contribution in [3.8, 4) is 0 Å². The average Bonchev–Trinajstić information content (AvgIpc) is 2.39. The zero-order chi connectivity index (χ0) is 13.0. The molecule has 0 aliphatic carbocycles. The highest BCUT2D eigenvalue weighted by Crippen LogP contribution is 2.06. The van der Waals surface area contributed by atoms with Crippen LogP contribution in [-0.4, -0.2) is 13.1 Å². The number of esters is 1. The maximum absolute atomic E-state index is 11.5. The molecule has 3 nitrogen and oxygen atoms in total. The first-order valence-corrected chi connectivity index (χ1v) is 5.82. The minimum atomic E-state index is -0.292. The lowest BCUT2D eigenvalue weighted by molar-refractivity contribution is -0.688. The number of nitrogens with zero attached hydrogens (tertiary/aromatic N) is 1. The van der Waals surface area contributed by atoms with Crippen molar-refractivity contribution < 1.29 is 38.1 Å². The van der Waals surface area contributed by atoms with Crippen molar-refractivity contribution in [1.29, 1.82) is 0 Å². The second-order valence-corrected chi connectivity index (χ2v) is 4.19. The highest BCUT2D eigenvalue weighted by molar-refractivity contribution is 5.90. The van der Waals surface area contributed by atoms with E-state index >= 15 is 0 Å². The van der Waals surface area contributed by atoms with Crippen LogP contribution in [0, 0.1) is 6.92 Å². The molecule has 1 heterocycles. The third-order valence-corrected chi connectivity index (χ3v) is 2.83. The number of carbonyl (C=O) groups excluding carboxylic acids is 1. The van der Waals surface area contributed by atoms with E-state index < -0.39 is 0 Å². The Morgan fingerprint density at radius 2 is 1.89 bits per heavy atom. The Hall–Kier alpha value is -1.43. The summed E-state index contributed by atoms with van der Waals surface area (Å²) in [6.45, 7) is 2.71. The molecule has 4 heteroatoms. The Balaban J connectivity index is 0.00000180. The summed E-state index contributed by atoms with van der Waals surface area (Å²) < 4.78 is 6.78. The van der Waals surface area contributed by atoms with E-state index in [-0.39, 0.29) is 29.9 Å². The zero-order valence-corrected chi connectivity index (χ0v) is 13.1. The van der Waals surface area contributed by atoms with Crippen LogP contribution in [0.2, 0.25) is 0 Å². The highest BCUT2D eigenvalue weighted by Gasteiger charge is 2.13. The van der Waals surface area contributed by atoms with Gasteiger partial charge < -0.3 is 28.7 Å². The van der Waals surface area contributed by atoms with Gasteiger partial charge in [-0.25, -0.2) is 9.36 Å². The minimum Gasteiger partial charge on any atom is -1.00 e. The topological polar surface area (TPSA) is 30.2 Å². The number of ether oxygens (including phenoxy) is 1. The van der Waals surface area contributed by atoms with Crippen LogP contribution in [0.25, 0.3) is 0 Å². The quantitative estimate of drug-likeness (QED) is 0.400. The van der Waals surface area contributed by atoms with E-state index in [0.29, 0.717) is 5.56 Å². The van der Waals surface area contributed by atoms with Gasteiger partial charge in [-0.3, -0.25) is 0 Å². The summed E-state index contributed by atoms with van der Waals surface area (Å²) in [5.41, 5.74) is 2.76. The van der Waals surface area contributed by atoms with Crippen molar-refractivity contribution >= 4 is 5.97 Å². The van der Waals surface area contributed by atoms with Crippen LogP contribution in [0.3, 0.4) is 0 Å². The predicted octanol–water partition coefficient (Wildman–Crippen LogP) is -0.879. The molecule has 0 saturated carbocycles. The lowest BCUT2D eigenvalue weighted by Crippen LogP contribution is -3.00. The summed E-state index contributed by atoms with van der Waals surface area (Å²) in [5.74, 6) is -0.292. The Morgan fingerprint density at radius 3 is 2.47 bits per heavy atom. The number of aromatic nitrogens is 1. The number of carbonyl (C=O) groups is 1. The van der Waals surface area contributed by atoms with Crippen molar-refractivity contribution in [2.75, 3.05) is 7.11 Å². The maximum Gasteiger partial charge on any atom is 0.338 e. The van der Waals surface area contributed by atoms with Crippen LogP contribution in [-0.2, 0) is 11.3 Å². The third kappa shape index (κ3) is 4.02. The van der Waals surface area contributed by atoms with E-state index in [2.05, 4.69) is 16.7 Å². The molecule has 0 spiro atoms. The molecule has 2 rings (SSSR count). The minimum absolute atomic E-state index is 0. The van der Waals surface area contributed by atoms with E-state index in [9.17, 15) is 4.79 Å². The molecular weight excluding hydrogens is 353 g/mol. The fraction of sp³-hybridized carbons (Fsp3) is 0.200. The van der Waals surface area contributed by atoms with E-state index in [4.69, 9.17) is 4.74 Å². The molecule has 0 bridgehead atoms. The second kappa shape index (κ2) is 7.23. The number of hydrogen-bond donors (Lipinski definition) is 0. The number of hydrogen-bond acceptors (Lipinski definition) is 2. The van der Waals surface area contributed by atoms with Crippen molar-refractivity contribution in [3.63, 3.8) is 0 Å². The lowest BCUT2D eigenvalue weighted by atomic mass is 10.1. The lowest BCUT2D eigenvalue weighted by Gasteiger charge is -2.03. The van der Waals surface area contributed by atoms with Gasteiger partial charge in [-0.2, -0.15) is 0 Å². The summed E-state index contributed by atoms with van der Waals surface area (Å²) in [6, 6.07) is 12.0. The molecule has 1 aromatic carbocycles. The van der Waals surface area contributed by atoms with E-state index in [1.54, 1.807) is 6.07 Å². The van der Waals surface area contributed by atoms with E-state index in [1.165, 1.54) is 12.7 Å². The number of halogens is 1. The monoisotopic (exact) mass is 369 g/mol. The van der Waals surface area contributed by atoms with Crippen LogP contribution in [0.1, 0.15) is 21.5 Å².